The predicted octanol–water partition coefficient (Wildman–Crippen LogP) is 3.44. The molecule has 1 aromatic carbocycles. The average molecular weight is 203 g/mol. The molecule has 1 atom stereocenters. The summed E-state index contributed by atoms with van der Waals surface area (Å²) >= 11 is 0. The van der Waals surface area contributed by atoms with Gasteiger partial charge in [-0.2, -0.15) is 0 Å². The van der Waals surface area contributed by atoms with E-state index in [2.05, 4.69) is 50.0 Å². The molecule has 0 aliphatic heterocycles. The van der Waals surface area contributed by atoms with Crippen molar-refractivity contribution >= 4 is 0 Å². The minimum absolute atomic E-state index is 0.560. The highest BCUT2D eigenvalue weighted by Crippen LogP contribution is 2.04. The molecule has 0 radical (unpaired) electrons. The second kappa shape index (κ2) is 6.41. The molecular formula is C14H21N. The third kappa shape index (κ3) is 4.80. The molecule has 0 amide bonds. The van der Waals surface area contributed by atoms with E-state index in [0.717, 1.165) is 19.4 Å². The molecule has 0 spiro atoms. The molecule has 0 aliphatic rings. The Hall–Kier alpha value is -1.08. The van der Waals surface area contributed by atoms with E-state index in [0.29, 0.717) is 6.04 Å². The first-order chi connectivity index (χ1) is 7.22. The van der Waals surface area contributed by atoms with Gasteiger partial charge in [-0.15, -0.1) is 6.58 Å². The van der Waals surface area contributed by atoms with E-state index in [-0.39, 0.29) is 0 Å². The van der Waals surface area contributed by atoms with E-state index in [1.807, 2.05) is 6.08 Å². The summed E-state index contributed by atoms with van der Waals surface area (Å²) in [5.74, 6) is 0. The van der Waals surface area contributed by atoms with Gasteiger partial charge in [0.2, 0.25) is 0 Å². The van der Waals surface area contributed by atoms with Gasteiger partial charge in [0, 0.05) is 12.6 Å². The van der Waals surface area contributed by atoms with Crippen LogP contribution in [0.15, 0.2) is 36.9 Å². The second-order valence-corrected chi connectivity index (χ2v) is 4.13. The van der Waals surface area contributed by atoms with Gasteiger partial charge in [0.05, 0.1) is 0 Å². The van der Waals surface area contributed by atoms with Crippen molar-refractivity contribution in [2.45, 2.75) is 39.3 Å². The van der Waals surface area contributed by atoms with Gasteiger partial charge in [-0.05, 0) is 32.3 Å². The topological polar surface area (TPSA) is 12.0 Å². The minimum atomic E-state index is 0.560. The van der Waals surface area contributed by atoms with E-state index in [1.54, 1.807) is 0 Å². The Morgan fingerprint density at radius 2 is 2.00 bits per heavy atom. The molecule has 0 aliphatic carbocycles. The lowest BCUT2D eigenvalue weighted by Crippen LogP contribution is -2.25. The van der Waals surface area contributed by atoms with Gasteiger partial charge >= 0.3 is 0 Å². The molecule has 15 heavy (non-hydrogen) atoms. The molecule has 1 rings (SSSR count). The third-order valence-electron chi connectivity index (χ3n) is 2.58. The van der Waals surface area contributed by atoms with E-state index < -0.39 is 0 Å². The summed E-state index contributed by atoms with van der Waals surface area (Å²) in [7, 11) is 0. The van der Waals surface area contributed by atoms with Crippen molar-refractivity contribution in [2.24, 2.45) is 0 Å². The normalized spacial score (nSPS) is 12.4. The minimum Gasteiger partial charge on any atom is -0.310 e. The summed E-state index contributed by atoms with van der Waals surface area (Å²) in [5.41, 5.74) is 2.67. The molecule has 1 heteroatoms. The molecule has 0 fully saturated rings. The van der Waals surface area contributed by atoms with Gasteiger partial charge in [0.15, 0.2) is 0 Å². The average Bonchev–Trinajstić information content (AvgIpc) is 2.25. The number of hydrogen-bond donors (Lipinski definition) is 1. The van der Waals surface area contributed by atoms with Crippen molar-refractivity contribution in [3.8, 4) is 0 Å². The van der Waals surface area contributed by atoms with Crippen molar-refractivity contribution in [2.75, 3.05) is 0 Å². The standard InChI is InChI=1S/C14H21N/c1-4-5-6-13(3)15-11-14-9-7-12(2)8-10-14/h4,7-10,13,15H,1,5-6,11H2,2-3H3/t13-/m1/s1. The smallest absolute Gasteiger partial charge is 0.0207 e. The fraction of sp³-hybridized carbons (Fsp3) is 0.429. The first-order valence-electron chi connectivity index (χ1n) is 5.62. The highest BCUT2D eigenvalue weighted by Gasteiger charge is 1.99. The third-order valence-corrected chi connectivity index (χ3v) is 2.58. The lowest BCUT2D eigenvalue weighted by Gasteiger charge is -2.12. The molecule has 82 valence electrons. The molecule has 0 aromatic heterocycles. The zero-order valence-corrected chi connectivity index (χ0v) is 9.79. The molecule has 1 aromatic rings. The SMILES string of the molecule is C=CCC[C@@H](C)NCc1ccc(C)cc1. The van der Waals surface area contributed by atoms with Crippen molar-refractivity contribution in [3.05, 3.63) is 48.0 Å². The summed E-state index contributed by atoms with van der Waals surface area (Å²) in [5, 5.41) is 3.51. The Morgan fingerprint density at radius 1 is 1.33 bits per heavy atom. The number of allylic oxidation sites excluding steroid dienone is 1. The maximum absolute atomic E-state index is 3.73. The fourth-order valence-electron chi connectivity index (χ4n) is 1.47. The van der Waals surface area contributed by atoms with Gasteiger partial charge in [-0.25, -0.2) is 0 Å². The summed E-state index contributed by atoms with van der Waals surface area (Å²) in [6.45, 7) is 9.02. The van der Waals surface area contributed by atoms with Crippen LogP contribution in [-0.4, -0.2) is 6.04 Å². The molecule has 0 saturated carbocycles. The first kappa shape index (κ1) is 12.0. The number of benzene rings is 1. The van der Waals surface area contributed by atoms with Crippen molar-refractivity contribution in [1.82, 2.24) is 5.32 Å². The number of hydrogen-bond acceptors (Lipinski definition) is 1. The Kier molecular flexibility index (Phi) is 5.13. The highest BCUT2D eigenvalue weighted by atomic mass is 14.9. The maximum Gasteiger partial charge on any atom is 0.0207 e. The first-order valence-corrected chi connectivity index (χ1v) is 5.62. The van der Waals surface area contributed by atoms with Crippen LogP contribution in [0.1, 0.15) is 30.9 Å². The van der Waals surface area contributed by atoms with Crippen molar-refractivity contribution in [1.29, 1.82) is 0 Å². The molecular weight excluding hydrogens is 182 g/mol. The molecule has 1 nitrogen and oxygen atoms in total. The lowest BCUT2D eigenvalue weighted by molar-refractivity contribution is 0.518. The molecule has 1 N–H and O–H groups in total. The second-order valence-electron chi connectivity index (χ2n) is 4.13. The largest absolute Gasteiger partial charge is 0.310 e. The van der Waals surface area contributed by atoms with Crippen LogP contribution in [0, 0.1) is 6.92 Å². The zero-order valence-electron chi connectivity index (χ0n) is 9.79. The van der Waals surface area contributed by atoms with Crippen LogP contribution in [0.5, 0.6) is 0 Å². The zero-order chi connectivity index (χ0) is 11.1. The quantitative estimate of drug-likeness (QED) is 0.698. The Morgan fingerprint density at radius 3 is 2.60 bits per heavy atom. The fourth-order valence-corrected chi connectivity index (χ4v) is 1.47. The van der Waals surface area contributed by atoms with E-state index in [4.69, 9.17) is 0 Å². The number of rotatable bonds is 6. The van der Waals surface area contributed by atoms with Crippen LogP contribution < -0.4 is 5.32 Å². The summed E-state index contributed by atoms with van der Waals surface area (Å²) in [4.78, 5) is 0. The van der Waals surface area contributed by atoms with Crippen molar-refractivity contribution < 1.29 is 0 Å². The van der Waals surface area contributed by atoms with Crippen LogP contribution in [0.25, 0.3) is 0 Å². The Labute approximate surface area is 93.2 Å². The van der Waals surface area contributed by atoms with Crippen LogP contribution in [0.2, 0.25) is 0 Å². The van der Waals surface area contributed by atoms with E-state index in [9.17, 15) is 0 Å². The summed E-state index contributed by atoms with van der Waals surface area (Å²) < 4.78 is 0. The summed E-state index contributed by atoms with van der Waals surface area (Å²) in [6.07, 6.45) is 4.22. The van der Waals surface area contributed by atoms with Crippen LogP contribution in [-0.2, 0) is 6.54 Å². The molecule has 0 unspecified atom stereocenters. The van der Waals surface area contributed by atoms with Crippen molar-refractivity contribution in [3.63, 3.8) is 0 Å². The van der Waals surface area contributed by atoms with Gasteiger partial charge in [-0.1, -0.05) is 35.9 Å². The Bertz CT molecular complexity index is 287. The maximum atomic E-state index is 3.73. The highest BCUT2D eigenvalue weighted by molar-refractivity contribution is 5.21. The van der Waals surface area contributed by atoms with Gasteiger partial charge in [0.25, 0.3) is 0 Å². The number of nitrogens with one attached hydrogen (secondary N) is 1. The predicted molar refractivity (Wildman–Crippen MR) is 66.9 cm³/mol. The van der Waals surface area contributed by atoms with E-state index >= 15 is 0 Å². The molecule has 0 saturated heterocycles. The van der Waals surface area contributed by atoms with Gasteiger partial charge in [0.1, 0.15) is 0 Å². The Balaban J connectivity index is 2.30. The van der Waals surface area contributed by atoms with Gasteiger partial charge in [-0.3, -0.25) is 0 Å². The lowest BCUT2D eigenvalue weighted by atomic mass is 10.1. The van der Waals surface area contributed by atoms with Crippen LogP contribution in [0.4, 0.5) is 0 Å². The molecule has 0 heterocycles. The van der Waals surface area contributed by atoms with Crippen LogP contribution >= 0.6 is 0 Å². The monoisotopic (exact) mass is 203 g/mol. The van der Waals surface area contributed by atoms with Gasteiger partial charge < -0.3 is 5.32 Å². The van der Waals surface area contributed by atoms with Crippen LogP contribution in [0.3, 0.4) is 0 Å². The number of aryl methyl sites for hydroxylation is 1. The summed E-state index contributed by atoms with van der Waals surface area (Å²) in [6, 6.07) is 9.24. The molecule has 0 bridgehead atoms. The van der Waals surface area contributed by atoms with E-state index in [1.165, 1.54) is 11.1 Å².